The van der Waals surface area contributed by atoms with Crippen LogP contribution in [0.1, 0.15) is 45.0 Å². The number of aromatic carboxylic acids is 1. The van der Waals surface area contributed by atoms with Crippen LogP contribution in [0.25, 0.3) is 22.2 Å². The van der Waals surface area contributed by atoms with Gasteiger partial charge in [0.15, 0.2) is 0 Å². The molecule has 0 aliphatic heterocycles. The van der Waals surface area contributed by atoms with Gasteiger partial charge >= 0.3 is 5.97 Å². The van der Waals surface area contributed by atoms with Crippen LogP contribution in [-0.4, -0.2) is 26.5 Å². The summed E-state index contributed by atoms with van der Waals surface area (Å²) in [6, 6.07) is 10.0. The van der Waals surface area contributed by atoms with Crippen LogP contribution in [0.3, 0.4) is 0 Å². The summed E-state index contributed by atoms with van der Waals surface area (Å²) < 4.78 is 30.9. The molecule has 1 aliphatic rings. The Morgan fingerprint density at radius 3 is 2.47 bits per heavy atom. The van der Waals surface area contributed by atoms with Crippen molar-refractivity contribution in [1.29, 1.82) is 0 Å². The summed E-state index contributed by atoms with van der Waals surface area (Å²) in [6.45, 7) is 0. The van der Waals surface area contributed by atoms with Crippen LogP contribution in [-0.2, 0) is 0 Å². The van der Waals surface area contributed by atoms with Gasteiger partial charge in [-0.3, -0.25) is 14.3 Å². The lowest BCUT2D eigenvalue weighted by atomic mass is 10.0. The Balaban J connectivity index is 1.73. The monoisotopic (exact) mass is 452 g/mol. The number of carbonyl (C=O) groups is 2. The number of carbonyl (C=O) groups excluding carboxylic acids is 1. The van der Waals surface area contributed by atoms with Crippen molar-refractivity contribution in [2.45, 2.75) is 18.8 Å². The smallest absolute Gasteiger partial charge is 0.335 e. The molecule has 2 heterocycles. The van der Waals surface area contributed by atoms with E-state index in [0.29, 0.717) is 16.1 Å². The minimum Gasteiger partial charge on any atom is -0.478 e. The van der Waals surface area contributed by atoms with Gasteiger partial charge in [0.05, 0.1) is 32.7 Å². The number of benzene rings is 2. The van der Waals surface area contributed by atoms with Gasteiger partial charge in [0, 0.05) is 18.0 Å². The van der Waals surface area contributed by atoms with Gasteiger partial charge in [0.25, 0.3) is 5.91 Å². The first-order valence-corrected chi connectivity index (χ1v) is 10.3. The van der Waals surface area contributed by atoms with Gasteiger partial charge in [0.1, 0.15) is 11.6 Å². The van der Waals surface area contributed by atoms with Crippen LogP contribution in [0.15, 0.2) is 54.9 Å². The number of nitrogens with zero attached hydrogens (tertiary/aromatic N) is 2. The van der Waals surface area contributed by atoms with Gasteiger partial charge in [-0.25, -0.2) is 13.6 Å². The molecular formula is C24H15ClF2N2O3. The Hall–Kier alpha value is -3.58. The topological polar surface area (TPSA) is 72.2 Å². The van der Waals surface area contributed by atoms with E-state index in [-0.39, 0.29) is 17.0 Å². The van der Waals surface area contributed by atoms with Gasteiger partial charge in [-0.1, -0.05) is 23.7 Å². The van der Waals surface area contributed by atoms with E-state index >= 15 is 0 Å². The number of carboxylic acids is 1. The van der Waals surface area contributed by atoms with Crippen LogP contribution in [0.4, 0.5) is 8.78 Å². The third-order valence-corrected chi connectivity index (χ3v) is 5.93. The Bertz CT molecular complexity index is 1400. The highest BCUT2D eigenvalue weighted by Crippen LogP contribution is 2.44. The van der Waals surface area contributed by atoms with Crippen LogP contribution < -0.4 is 0 Å². The molecule has 2 aromatic carbocycles. The Morgan fingerprint density at radius 1 is 1.09 bits per heavy atom. The second-order valence-corrected chi connectivity index (χ2v) is 8.09. The van der Waals surface area contributed by atoms with E-state index in [9.17, 15) is 18.4 Å². The maximum absolute atomic E-state index is 14.8. The van der Waals surface area contributed by atoms with Crippen molar-refractivity contribution >= 4 is 34.5 Å². The molecule has 0 atom stereocenters. The van der Waals surface area contributed by atoms with Crippen LogP contribution in [0, 0.1) is 11.6 Å². The third kappa shape index (κ3) is 3.26. The summed E-state index contributed by atoms with van der Waals surface area (Å²) in [5, 5.41) is 9.37. The molecule has 8 heteroatoms. The Morgan fingerprint density at radius 2 is 1.81 bits per heavy atom. The highest BCUT2D eigenvalue weighted by atomic mass is 35.5. The van der Waals surface area contributed by atoms with Crippen molar-refractivity contribution in [1.82, 2.24) is 9.55 Å². The maximum atomic E-state index is 14.8. The number of carboxylic acid groups (broad SMARTS) is 1. The fourth-order valence-corrected chi connectivity index (χ4v) is 4.25. The predicted molar refractivity (Wildman–Crippen MR) is 115 cm³/mol. The van der Waals surface area contributed by atoms with Crippen molar-refractivity contribution < 1.29 is 23.5 Å². The zero-order chi connectivity index (χ0) is 22.6. The van der Waals surface area contributed by atoms with E-state index < -0.39 is 34.6 Å². The first kappa shape index (κ1) is 20.3. The summed E-state index contributed by atoms with van der Waals surface area (Å²) in [5.41, 5.74) is 0.843. The lowest BCUT2D eigenvalue weighted by Gasteiger charge is -2.11. The summed E-state index contributed by atoms with van der Waals surface area (Å²) >= 11 is 6.39. The van der Waals surface area contributed by atoms with Crippen molar-refractivity contribution in [3.8, 4) is 11.1 Å². The van der Waals surface area contributed by atoms with Crippen molar-refractivity contribution in [3.63, 3.8) is 0 Å². The second kappa shape index (κ2) is 7.53. The number of rotatable bonds is 4. The van der Waals surface area contributed by atoms with E-state index in [4.69, 9.17) is 16.7 Å². The van der Waals surface area contributed by atoms with Crippen LogP contribution in [0.2, 0.25) is 5.02 Å². The molecule has 4 aromatic rings. The first-order chi connectivity index (χ1) is 15.4. The third-order valence-electron chi connectivity index (χ3n) is 5.61. The number of aromatic nitrogens is 2. The fraction of sp³-hybridized carbons (Fsp3) is 0.125. The zero-order valence-corrected chi connectivity index (χ0v) is 17.2. The highest BCUT2D eigenvalue weighted by Gasteiger charge is 2.31. The minimum atomic E-state index is -1.45. The quantitative estimate of drug-likeness (QED) is 0.418. The van der Waals surface area contributed by atoms with Gasteiger partial charge in [-0.2, -0.15) is 0 Å². The molecule has 1 fully saturated rings. The molecule has 1 aliphatic carbocycles. The first-order valence-electron chi connectivity index (χ1n) is 9.88. The average Bonchev–Trinajstić information content (AvgIpc) is 3.54. The van der Waals surface area contributed by atoms with E-state index in [1.54, 1.807) is 24.3 Å². The van der Waals surface area contributed by atoms with E-state index in [0.717, 1.165) is 30.5 Å². The Kier molecular flexibility index (Phi) is 4.78. The largest absolute Gasteiger partial charge is 0.478 e. The average molecular weight is 453 g/mol. The number of pyridine rings is 1. The van der Waals surface area contributed by atoms with E-state index in [1.807, 2.05) is 6.07 Å². The van der Waals surface area contributed by atoms with E-state index in [1.165, 1.54) is 17.0 Å². The van der Waals surface area contributed by atoms with Crippen LogP contribution >= 0.6 is 11.6 Å². The van der Waals surface area contributed by atoms with Gasteiger partial charge in [-0.15, -0.1) is 0 Å². The van der Waals surface area contributed by atoms with Gasteiger partial charge in [-0.05, 0) is 54.7 Å². The molecule has 1 saturated carbocycles. The molecular weight excluding hydrogens is 438 g/mol. The van der Waals surface area contributed by atoms with Crippen LogP contribution in [0.5, 0.6) is 0 Å². The standard InChI is InChI=1S/C24H15ClF2N2O3/c25-16-4-1-3-14(12-6-7-12)20(16)23(30)29-11-15(22-19(29)5-2-8-28-22)21-17(26)9-13(24(31)32)10-18(21)27/h1-5,8-12H,6-7H2,(H,31,32). The highest BCUT2D eigenvalue weighted by molar-refractivity contribution is 6.34. The molecule has 32 heavy (non-hydrogen) atoms. The van der Waals surface area contributed by atoms with Gasteiger partial charge < -0.3 is 5.11 Å². The molecule has 5 nitrogen and oxygen atoms in total. The number of hydrogen-bond acceptors (Lipinski definition) is 3. The normalized spacial score (nSPS) is 13.5. The fourth-order valence-electron chi connectivity index (χ4n) is 3.98. The zero-order valence-electron chi connectivity index (χ0n) is 16.5. The molecule has 0 amide bonds. The lowest BCUT2D eigenvalue weighted by molar-refractivity contribution is 0.0695. The van der Waals surface area contributed by atoms with Gasteiger partial charge in [0.2, 0.25) is 0 Å². The molecule has 2 aromatic heterocycles. The molecule has 0 radical (unpaired) electrons. The molecule has 0 unspecified atom stereocenters. The maximum Gasteiger partial charge on any atom is 0.335 e. The number of halogens is 3. The number of fused-ring (bicyclic) bond motifs is 1. The SMILES string of the molecule is O=C(O)c1cc(F)c(-c2cn(C(=O)c3c(Cl)cccc3C3CC3)c3cccnc23)c(F)c1. The van der Waals surface area contributed by atoms with E-state index in [2.05, 4.69) is 4.98 Å². The van der Waals surface area contributed by atoms with Crippen molar-refractivity contribution in [3.05, 3.63) is 88.2 Å². The molecule has 0 spiro atoms. The molecule has 0 saturated heterocycles. The van der Waals surface area contributed by atoms with Crippen molar-refractivity contribution in [2.24, 2.45) is 0 Å². The summed E-state index contributed by atoms with van der Waals surface area (Å²) in [4.78, 5) is 28.9. The number of hydrogen-bond donors (Lipinski definition) is 1. The second-order valence-electron chi connectivity index (χ2n) is 7.69. The summed E-state index contributed by atoms with van der Waals surface area (Å²) in [7, 11) is 0. The summed E-state index contributed by atoms with van der Waals surface area (Å²) in [5.74, 6) is -3.74. The molecule has 0 bridgehead atoms. The predicted octanol–water partition coefficient (Wildman–Crippen LogP) is 5.90. The molecule has 160 valence electrons. The lowest BCUT2D eigenvalue weighted by Crippen LogP contribution is -2.14. The summed E-state index contributed by atoms with van der Waals surface area (Å²) in [6.07, 6.45) is 4.70. The Labute approximate surface area is 185 Å². The molecule has 5 rings (SSSR count). The minimum absolute atomic E-state index is 0.0425. The molecule has 1 N–H and O–H groups in total. The van der Waals surface area contributed by atoms with Crippen molar-refractivity contribution in [2.75, 3.05) is 0 Å².